The summed E-state index contributed by atoms with van der Waals surface area (Å²) in [6.07, 6.45) is 2.01. The largest absolute Gasteiger partial charge is 0.468 e. The molecule has 0 saturated heterocycles. The molecule has 0 aliphatic heterocycles. The lowest BCUT2D eigenvalue weighted by Crippen LogP contribution is -2.26. The summed E-state index contributed by atoms with van der Waals surface area (Å²) in [5.41, 5.74) is 7.56. The second-order valence-corrected chi connectivity index (χ2v) is 7.62. The molecule has 0 bridgehead atoms. The van der Waals surface area contributed by atoms with Gasteiger partial charge in [-0.2, -0.15) is 0 Å². The summed E-state index contributed by atoms with van der Waals surface area (Å²) >= 11 is 1.40. The Labute approximate surface area is 184 Å². The number of amides is 2. The third-order valence-electron chi connectivity index (χ3n) is 4.55. The standard InChI is InChI=1S/C23H22N2O5S/c1-29-23(28)17-10-12-30-19(17)14-31-20-8-3-2-7-18(20)22(27)25-11-9-15-5-4-6-16(13-15)21(24)26/h2-8,10,12-13H,9,11,14H2,1H3,(H2,24,26)(H,25,27). The number of ether oxygens (including phenoxy) is 1. The lowest BCUT2D eigenvalue weighted by molar-refractivity contribution is 0.0598. The predicted molar refractivity (Wildman–Crippen MR) is 117 cm³/mol. The summed E-state index contributed by atoms with van der Waals surface area (Å²) in [5, 5.41) is 2.90. The fourth-order valence-electron chi connectivity index (χ4n) is 2.96. The normalized spacial score (nSPS) is 10.5. The summed E-state index contributed by atoms with van der Waals surface area (Å²) in [5.74, 6) is -0.288. The average molecular weight is 439 g/mol. The molecule has 0 fully saturated rings. The van der Waals surface area contributed by atoms with Crippen molar-refractivity contribution in [2.75, 3.05) is 13.7 Å². The van der Waals surface area contributed by atoms with E-state index < -0.39 is 11.9 Å². The second-order valence-electron chi connectivity index (χ2n) is 6.60. The van der Waals surface area contributed by atoms with Gasteiger partial charge in [-0.25, -0.2) is 4.79 Å². The Hall–Kier alpha value is -3.52. The van der Waals surface area contributed by atoms with Crippen molar-refractivity contribution in [3.63, 3.8) is 0 Å². The highest BCUT2D eigenvalue weighted by atomic mass is 32.2. The van der Waals surface area contributed by atoms with Crippen LogP contribution in [0.15, 0.2) is 70.2 Å². The number of nitrogens with two attached hydrogens (primary N) is 1. The number of esters is 1. The number of methoxy groups -OCH3 is 1. The second kappa shape index (κ2) is 10.5. The summed E-state index contributed by atoms with van der Waals surface area (Å²) in [7, 11) is 1.32. The van der Waals surface area contributed by atoms with Crippen molar-refractivity contribution in [3.8, 4) is 0 Å². The quantitative estimate of drug-likeness (QED) is 0.391. The van der Waals surface area contributed by atoms with Gasteiger partial charge in [-0.3, -0.25) is 9.59 Å². The van der Waals surface area contributed by atoms with Gasteiger partial charge in [-0.15, -0.1) is 11.8 Å². The van der Waals surface area contributed by atoms with Gasteiger partial charge in [0.25, 0.3) is 5.91 Å². The van der Waals surface area contributed by atoms with E-state index in [1.807, 2.05) is 18.2 Å². The fourth-order valence-corrected chi connectivity index (χ4v) is 3.96. The fraction of sp³-hybridized carbons (Fsp3) is 0.174. The predicted octanol–water partition coefficient (Wildman–Crippen LogP) is 3.43. The molecule has 3 rings (SSSR count). The van der Waals surface area contributed by atoms with Gasteiger partial charge in [-0.1, -0.05) is 24.3 Å². The zero-order valence-electron chi connectivity index (χ0n) is 16.9. The minimum absolute atomic E-state index is 0.207. The molecule has 0 spiro atoms. The van der Waals surface area contributed by atoms with Crippen LogP contribution in [0.3, 0.4) is 0 Å². The van der Waals surface area contributed by atoms with Crippen molar-refractivity contribution in [1.29, 1.82) is 0 Å². The molecule has 2 amide bonds. The maximum absolute atomic E-state index is 12.7. The van der Waals surface area contributed by atoms with Crippen LogP contribution in [0.1, 0.15) is 42.4 Å². The molecule has 0 atom stereocenters. The van der Waals surface area contributed by atoms with Crippen LogP contribution in [-0.4, -0.2) is 31.4 Å². The molecule has 160 valence electrons. The smallest absolute Gasteiger partial charge is 0.341 e. The van der Waals surface area contributed by atoms with Gasteiger partial charge < -0.3 is 20.2 Å². The number of hydrogen-bond acceptors (Lipinski definition) is 6. The van der Waals surface area contributed by atoms with Crippen molar-refractivity contribution in [2.45, 2.75) is 17.1 Å². The van der Waals surface area contributed by atoms with Crippen LogP contribution in [0.4, 0.5) is 0 Å². The van der Waals surface area contributed by atoms with E-state index in [4.69, 9.17) is 14.9 Å². The van der Waals surface area contributed by atoms with Gasteiger partial charge in [0.1, 0.15) is 11.3 Å². The molecule has 3 aromatic rings. The van der Waals surface area contributed by atoms with E-state index in [1.54, 1.807) is 36.4 Å². The SMILES string of the molecule is COC(=O)c1ccoc1CSc1ccccc1C(=O)NCCc1cccc(C(N)=O)c1. The molecule has 0 aliphatic rings. The first-order valence-electron chi connectivity index (χ1n) is 9.53. The van der Waals surface area contributed by atoms with Crippen LogP contribution >= 0.6 is 11.8 Å². The Kier molecular flexibility index (Phi) is 7.50. The van der Waals surface area contributed by atoms with E-state index in [0.29, 0.717) is 41.2 Å². The summed E-state index contributed by atoms with van der Waals surface area (Å²) in [4.78, 5) is 36.6. The number of nitrogens with one attached hydrogen (secondary N) is 1. The summed E-state index contributed by atoms with van der Waals surface area (Å²) < 4.78 is 10.1. The minimum Gasteiger partial charge on any atom is -0.468 e. The molecular weight excluding hydrogens is 416 g/mol. The Bertz CT molecular complexity index is 1090. The highest BCUT2D eigenvalue weighted by molar-refractivity contribution is 7.98. The van der Waals surface area contributed by atoms with Crippen molar-refractivity contribution in [1.82, 2.24) is 5.32 Å². The number of furan rings is 1. The first-order valence-corrected chi connectivity index (χ1v) is 10.5. The van der Waals surface area contributed by atoms with Crippen LogP contribution in [0, 0.1) is 0 Å². The molecule has 31 heavy (non-hydrogen) atoms. The third-order valence-corrected chi connectivity index (χ3v) is 5.63. The van der Waals surface area contributed by atoms with Crippen LogP contribution in [0.25, 0.3) is 0 Å². The molecule has 8 heteroatoms. The number of thioether (sulfide) groups is 1. The Balaban J connectivity index is 1.61. The Morgan fingerprint density at radius 3 is 2.65 bits per heavy atom. The lowest BCUT2D eigenvalue weighted by atomic mass is 10.1. The van der Waals surface area contributed by atoms with Gasteiger partial charge >= 0.3 is 5.97 Å². The molecule has 0 unspecified atom stereocenters. The lowest BCUT2D eigenvalue weighted by Gasteiger charge is -2.10. The number of rotatable bonds is 9. The molecule has 0 radical (unpaired) electrons. The first kappa shape index (κ1) is 22.2. The highest BCUT2D eigenvalue weighted by Crippen LogP contribution is 2.28. The van der Waals surface area contributed by atoms with Crippen molar-refractivity contribution in [3.05, 3.63) is 88.9 Å². The van der Waals surface area contributed by atoms with E-state index in [2.05, 4.69) is 5.32 Å². The van der Waals surface area contributed by atoms with E-state index in [1.165, 1.54) is 25.1 Å². The maximum Gasteiger partial charge on any atom is 0.341 e. The Morgan fingerprint density at radius 2 is 1.87 bits per heavy atom. The van der Waals surface area contributed by atoms with Crippen LogP contribution in [0.2, 0.25) is 0 Å². The Morgan fingerprint density at radius 1 is 1.06 bits per heavy atom. The number of hydrogen-bond donors (Lipinski definition) is 2. The van der Waals surface area contributed by atoms with Crippen LogP contribution < -0.4 is 11.1 Å². The van der Waals surface area contributed by atoms with E-state index >= 15 is 0 Å². The molecular formula is C23H22N2O5S. The molecule has 2 aromatic carbocycles. The molecule has 7 nitrogen and oxygen atoms in total. The van der Waals surface area contributed by atoms with E-state index in [-0.39, 0.29) is 5.91 Å². The molecule has 0 saturated carbocycles. The highest BCUT2D eigenvalue weighted by Gasteiger charge is 2.17. The van der Waals surface area contributed by atoms with E-state index in [0.717, 1.165) is 10.5 Å². The van der Waals surface area contributed by atoms with Gasteiger partial charge in [0.15, 0.2) is 0 Å². The number of carbonyl (C=O) groups is 3. The molecule has 3 N–H and O–H groups in total. The average Bonchev–Trinajstić information content (AvgIpc) is 3.26. The first-order chi connectivity index (χ1) is 15.0. The topological polar surface area (TPSA) is 112 Å². The van der Waals surface area contributed by atoms with Crippen LogP contribution in [-0.2, 0) is 16.9 Å². The molecule has 1 aromatic heterocycles. The van der Waals surface area contributed by atoms with Crippen molar-refractivity contribution in [2.24, 2.45) is 5.73 Å². The number of benzene rings is 2. The van der Waals surface area contributed by atoms with Gasteiger partial charge in [-0.05, 0) is 42.3 Å². The van der Waals surface area contributed by atoms with Crippen molar-refractivity contribution >= 4 is 29.5 Å². The van der Waals surface area contributed by atoms with E-state index in [9.17, 15) is 14.4 Å². The molecule has 1 heterocycles. The number of primary amides is 1. The van der Waals surface area contributed by atoms with Gasteiger partial charge in [0.05, 0.1) is 24.7 Å². The third kappa shape index (κ3) is 5.76. The van der Waals surface area contributed by atoms with Crippen molar-refractivity contribution < 1.29 is 23.5 Å². The van der Waals surface area contributed by atoms with Gasteiger partial charge in [0, 0.05) is 17.0 Å². The number of carbonyl (C=O) groups excluding carboxylic acids is 3. The summed E-state index contributed by atoms with van der Waals surface area (Å²) in [6, 6.07) is 15.8. The minimum atomic E-state index is -0.483. The monoisotopic (exact) mass is 438 g/mol. The zero-order valence-corrected chi connectivity index (χ0v) is 17.7. The maximum atomic E-state index is 12.7. The summed E-state index contributed by atoms with van der Waals surface area (Å²) in [6.45, 7) is 0.407. The zero-order chi connectivity index (χ0) is 22.2. The van der Waals surface area contributed by atoms with Crippen LogP contribution in [0.5, 0.6) is 0 Å². The van der Waals surface area contributed by atoms with Gasteiger partial charge in [0.2, 0.25) is 5.91 Å². The molecule has 0 aliphatic carbocycles.